The Morgan fingerprint density at radius 2 is 1.53 bits per heavy atom. The molecule has 0 N–H and O–H groups in total. The number of benzene rings is 1. The Bertz CT molecular complexity index is 446. The van der Waals surface area contributed by atoms with Crippen LogP contribution in [0, 0.1) is 13.0 Å². The Kier molecular flexibility index (Phi) is 12.5. The number of aryl methyl sites for hydroxylation is 1. The predicted octanol–water partition coefficient (Wildman–Crippen LogP) is 5.44. The zero-order chi connectivity index (χ0) is 14.5. The standard InChI is InChI=1S/C8H6Cl.C6H7N.2ClH.Pt/c1-2-7-3-5-8(9)6-4-7;1-6-2-4-7-5-3-6;;;/h3-6H,1H2;2-5H,1H3;2*1H;/q-1;;;;+2/p-2. The van der Waals surface area contributed by atoms with Gasteiger partial charge >= 0.3 is 35.3 Å². The summed E-state index contributed by atoms with van der Waals surface area (Å²) in [5.41, 5.74) is 2.23. The van der Waals surface area contributed by atoms with Gasteiger partial charge in [-0.3, -0.25) is 4.98 Å². The van der Waals surface area contributed by atoms with E-state index in [1.807, 2.05) is 43.3 Å². The van der Waals surface area contributed by atoms with Crippen LogP contribution in [0.25, 0.3) is 0 Å². The molecule has 0 saturated carbocycles. The van der Waals surface area contributed by atoms with Crippen molar-refractivity contribution in [3.05, 3.63) is 77.6 Å². The second kappa shape index (κ2) is 12.7. The van der Waals surface area contributed by atoms with Crippen molar-refractivity contribution in [2.75, 3.05) is 0 Å². The van der Waals surface area contributed by atoms with E-state index in [9.17, 15) is 0 Å². The number of hydrogen-bond acceptors (Lipinski definition) is 1. The van der Waals surface area contributed by atoms with Crippen LogP contribution in [0.1, 0.15) is 11.1 Å². The van der Waals surface area contributed by atoms with E-state index < -0.39 is 16.5 Å². The second-order valence-electron chi connectivity index (χ2n) is 3.25. The molecule has 0 aliphatic rings. The van der Waals surface area contributed by atoms with Crippen molar-refractivity contribution in [3.63, 3.8) is 0 Å². The van der Waals surface area contributed by atoms with Crippen LogP contribution >= 0.6 is 30.4 Å². The van der Waals surface area contributed by atoms with E-state index in [4.69, 9.17) is 30.4 Å². The van der Waals surface area contributed by atoms with Gasteiger partial charge in [0, 0.05) is 17.4 Å². The fourth-order valence-electron chi connectivity index (χ4n) is 0.994. The Labute approximate surface area is 136 Å². The molecule has 1 nitrogen and oxygen atoms in total. The molecule has 0 aliphatic heterocycles. The molecule has 5 heteroatoms. The zero-order valence-corrected chi connectivity index (χ0v) is 14.8. The summed E-state index contributed by atoms with van der Waals surface area (Å²) in [6.45, 7) is 5.54. The topological polar surface area (TPSA) is 12.9 Å². The van der Waals surface area contributed by atoms with Gasteiger partial charge in [0.15, 0.2) is 0 Å². The first-order valence-corrected chi connectivity index (χ1v) is 11.1. The number of halogens is 3. The summed E-state index contributed by atoms with van der Waals surface area (Å²) in [5.74, 6) is 0. The van der Waals surface area contributed by atoms with Crippen molar-refractivity contribution >= 4 is 30.4 Å². The average Bonchev–Trinajstić information content (AvgIpc) is 2.42. The maximum absolute atomic E-state index is 5.62. The molecule has 0 fully saturated rings. The van der Waals surface area contributed by atoms with E-state index >= 15 is 0 Å². The van der Waals surface area contributed by atoms with Gasteiger partial charge in [-0.1, -0.05) is 23.7 Å². The van der Waals surface area contributed by atoms with Gasteiger partial charge < -0.3 is 0 Å². The van der Waals surface area contributed by atoms with Crippen LogP contribution in [0.2, 0.25) is 5.02 Å². The molecular formula is C14H13Cl3NPt-. The summed E-state index contributed by atoms with van der Waals surface area (Å²) >= 11 is 5.15. The Balaban J connectivity index is 0.000000289. The first-order valence-electron chi connectivity index (χ1n) is 5.11. The quantitative estimate of drug-likeness (QED) is 0.479. The van der Waals surface area contributed by atoms with Gasteiger partial charge in [0.25, 0.3) is 0 Å². The summed E-state index contributed by atoms with van der Waals surface area (Å²) in [6.07, 6.45) is 6.32. The molecule has 1 aromatic heterocycles. The molecular weight excluding hydrogens is 484 g/mol. The van der Waals surface area contributed by atoms with Gasteiger partial charge in [0.2, 0.25) is 0 Å². The summed E-state index contributed by atoms with van der Waals surface area (Å²) in [5, 5.41) is 0.744. The summed E-state index contributed by atoms with van der Waals surface area (Å²) in [4.78, 5) is 3.85. The van der Waals surface area contributed by atoms with Crippen LogP contribution in [0.4, 0.5) is 0 Å². The van der Waals surface area contributed by atoms with Crippen molar-refractivity contribution in [3.8, 4) is 0 Å². The van der Waals surface area contributed by atoms with Gasteiger partial charge in [-0.05, 0) is 24.6 Å². The van der Waals surface area contributed by atoms with Crippen molar-refractivity contribution in [1.82, 2.24) is 4.98 Å². The average molecular weight is 497 g/mol. The van der Waals surface area contributed by atoms with E-state index in [0.29, 0.717) is 0 Å². The third-order valence-electron chi connectivity index (χ3n) is 1.90. The van der Waals surface area contributed by atoms with Gasteiger partial charge in [-0.15, -0.1) is 0 Å². The summed E-state index contributed by atoms with van der Waals surface area (Å²) in [6, 6.07) is 11.3. The first kappa shape index (κ1) is 18.7. The molecule has 0 spiro atoms. The first-order chi connectivity index (χ1) is 9.13. The molecule has 1 aromatic carbocycles. The Morgan fingerprint density at radius 1 is 1.05 bits per heavy atom. The van der Waals surface area contributed by atoms with Crippen molar-refractivity contribution in [2.45, 2.75) is 6.92 Å². The van der Waals surface area contributed by atoms with E-state index in [2.05, 4.69) is 17.6 Å². The summed E-state index contributed by atoms with van der Waals surface area (Å²) in [7, 11) is 9.75. The second-order valence-corrected chi connectivity index (χ2v) is 6.97. The molecule has 106 valence electrons. The van der Waals surface area contributed by atoms with Gasteiger partial charge in [0.1, 0.15) is 0 Å². The SMILES string of the molecule is C=[C-]c1ccc(Cl)cc1.Cc1ccncc1.[Cl][Pt][Cl]. The number of rotatable bonds is 1. The third kappa shape index (κ3) is 11.2. The maximum atomic E-state index is 5.62. The number of aromatic nitrogens is 1. The number of hydrogen-bond donors (Lipinski definition) is 0. The predicted molar refractivity (Wildman–Crippen MR) is 80.1 cm³/mol. The molecule has 0 bridgehead atoms. The molecule has 1 heterocycles. The Hall–Kier alpha value is -0.332. The monoisotopic (exact) mass is 495 g/mol. The van der Waals surface area contributed by atoms with Gasteiger partial charge in [0.05, 0.1) is 0 Å². The molecule has 0 atom stereocenters. The fourth-order valence-corrected chi connectivity index (χ4v) is 1.12. The van der Waals surface area contributed by atoms with Crippen LogP contribution in [-0.2, 0) is 16.5 Å². The van der Waals surface area contributed by atoms with E-state index in [0.717, 1.165) is 10.6 Å². The van der Waals surface area contributed by atoms with Crippen LogP contribution in [0.5, 0.6) is 0 Å². The third-order valence-corrected chi connectivity index (χ3v) is 2.15. The molecule has 2 aromatic rings. The van der Waals surface area contributed by atoms with Crippen molar-refractivity contribution < 1.29 is 16.5 Å². The number of pyridine rings is 1. The molecule has 0 aliphatic carbocycles. The van der Waals surface area contributed by atoms with E-state index in [-0.39, 0.29) is 0 Å². The fraction of sp³-hybridized carbons (Fsp3) is 0.0714. The normalized spacial score (nSPS) is 8.63. The number of nitrogens with zero attached hydrogens (tertiary/aromatic N) is 1. The van der Waals surface area contributed by atoms with Crippen LogP contribution < -0.4 is 0 Å². The molecule has 0 radical (unpaired) electrons. The van der Waals surface area contributed by atoms with Gasteiger partial charge in [-0.25, -0.2) is 0 Å². The summed E-state index contributed by atoms with van der Waals surface area (Å²) < 4.78 is 0. The molecule has 19 heavy (non-hydrogen) atoms. The van der Waals surface area contributed by atoms with Crippen LogP contribution in [-0.4, -0.2) is 4.98 Å². The Morgan fingerprint density at radius 3 is 1.84 bits per heavy atom. The van der Waals surface area contributed by atoms with Crippen molar-refractivity contribution in [2.24, 2.45) is 0 Å². The minimum absolute atomic E-state index is 0.472. The minimum atomic E-state index is -0.472. The van der Waals surface area contributed by atoms with Gasteiger partial charge in [-0.2, -0.15) is 30.4 Å². The zero-order valence-electron chi connectivity index (χ0n) is 10.2. The van der Waals surface area contributed by atoms with E-state index in [1.54, 1.807) is 12.4 Å². The molecule has 2 rings (SSSR count). The molecule has 0 unspecified atom stereocenters. The molecule has 0 saturated heterocycles. The van der Waals surface area contributed by atoms with Crippen molar-refractivity contribution in [1.29, 1.82) is 0 Å². The van der Waals surface area contributed by atoms with Crippen LogP contribution in [0.15, 0.2) is 55.4 Å². The molecule has 0 amide bonds. The van der Waals surface area contributed by atoms with E-state index in [1.165, 1.54) is 5.56 Å². The van der Waals surface area contributed by atoms with Crippen LogP contribution in [0.3, 0.4) is 0 Å².